The zero-order valence-corrected chi connectivity index (χ0v) is 17.4. The van der Waals surface area contributed by atoms with Crippen molar-refractivity contribution in [1.29, 1.82) is 0 Å². The molecule has 0 aliphatic carbocycles. The Morgan fingerprint density at radius 1 is 1.07 bits per heavy atom. The summed E-state index contributed by atoms with van der Waals surface area (Å²) in [6, 6.07) is 7.23. The van der Waals surface area contributed by atoms with Crippen molar-refractivity contribution in [3.63, 3.8) is 0 Å². The normalized spacial score (nSPS) is 13.3. The summed E-state index contributed by atoms with van der Waals surface area (Å²) >= 11 is 12.2. The molecule has 0 amide bonds. The summed E-state index contributed by atoms with van der Waals surface area (Å²) < 4.78 is 67.6. The minimum Gasteiger partial charge on any atom is -0.495 e. The number of alkyl halides is 3. The van der Waals surface area contributed by atoms with E-state index in [2.05, 4.69) is 5.32 Å². The number of hydrogen-bond acceptors (Lipinski definition) is 5. The van der Waals surface area contributed by atoms with Crippen LogP contribution in [0.5, 0.6) is 5.75 Å². The van der Waals surface area contributed by atoms with E-state index >= 15 is 0 Å². The van der Waals surface area contributed by atoms with Crippen molar-refractivity contribution >= 4 is 36.5 Å². The van der Waals surface area contributed by atoms with Crippen LogP contribution in [0, 0.1) is 0 Å². The minimum absolute atomic E-state index is 0.0345. The molecule has 0 spiro atoms. The second-order valence-corrected chi connectivity index (χ2v) is 8.71. The first kappa shape index (κ1) is 22.8. The lowest BCUT2D eigenvalue weighted by Crippen LogP contribution is -2.15. The van der Waals surface area contributed by atoms with E-state index in [1.54, 1.807) is 0 Å². The maximum Gasteiger partial charge on any atom is 0.416 e. The minimum atomic E-state index is -4.55. The van der Waals surface area contributed by atoms with Crippen LogP contribution in [0.15, 0.2) is 36.4 Å². The highest BCUT2D eigenvalue weighted by molar-refractivity contribution is 7.54. The van der Waals surface area contributed by atoms with E-state index in [0.29, 0.717) is 0 Å². The number of hydrogen-bond donors (Lipinski definition) is 1. The Kier molecular flexibility index (Phi) is 7.28. The van der Waals surface area contributed by atoms with Gasteiger partial charge < -0.3 is 19.1 Å². The quantitative estimate of drug-likeness (QED) is 0.473. The summed E-state index contributed by atoms with van der Waals surface area (Å²) in [7, 11) is -0.253. The summed E-state index contributed by atoms with van der Waals surface area (Å²) in [5, 5.41) is 3.10. The first-order chi connectivity index (χ1) is 13.1. The van der Waals surface area contributed by atoms with Gasteiger partial charge in [0.25, 0.3) is 0 Å². The molecule has 0 bridgehead atoms. The second kappa shape index (κ2) is 8.93. The fourth-order valence-electron chi connectivity index (χ4n) is 2.55. The van der Waals surface area contributed by atoms with E-state index < -0.39 is 25.1 Å². The van der Waals surface area contributed by atoms with Gasteiger partial charge in [0, 0.05) is 30.5 Å². The molecule has 1 N–H and O–H groups in total. The van der Waals surface area contributed by atoms with Gasteiger partial charge in [-0.1, -0.05) is 29.3 Å². The highest BCUT2D eigenvalue weighted by Crippen LogP contribution is 2.61. The predicted molar refractivity (Wildman–Crippen MR) is 102 cm³/mol. The Bertz CT molecular complexity index is 887. The van der Waals surface area contributed by atoms with Gasteiger partial charge in [-0.3, -0.25) is 4.57 Å². The topological polar surface area (TPSA) is 56.8 Å². The third kappa shape index (κ3) is 4.93. The van der Waals surface area contributed by atoms with Crippen LogP contribution in [0.3, 0.4) is 0 Å². The van der Waals surface area contributed by atoms with Gasteiger partial charge in [-0.25, -0.2) is 0 Å². The number of halogens is 5. The Morgan fingerprint density at radius 3 is 2.25 bits per heavy atom. The van der Waals surface area contributed by atoms with Crippen molar-refractivity contribution in [2.45, 2.75) is 12.0 Å². The Labute approximate surface area is 170 Å². The van der Waals surface area contributed by atoms with Crippen LogP contribution in [0.2, 0.25) is 10.0 Å². The lowest BCUT2D eigenvalue weighted by molar-refractivity contribution is -0.137. The molecule has 5 nitrogen and oxygen atoms in total. The maximum atomic E-state index is 13.2. The van der Waals surface area contributed by atoms with Gasteiger partial charge in [0.2, 0.25) is 0 Å². The van der Waals surface area contributed by atoms with Crippen LogP contribution in [0.25, 0.3) is 0 Å². The molecule has 0 unspecified atom stereocenters. The zero-order chi connectivity index (χ0) is 21.1. The van der Waals surface area contributed by atoms with Gasteiger partial charge in [0.15, 0.2) is 5.78 Å². The highest BCUT2D eigenvalue weighted by atomic mass is 35.5. The number of benzene rings is 2. The van der Waals surface area contributed by atoms with Crippen LogP contribution in [-0.4, -0.2) is 21.3 Å². The van der Waals surface area contributed by atoms with E-state index in [-0.39, 0.29) is 27.0 Å². The molecular formula is C17H17Cl2F3NO4P. The molecule has 0 fully saturated rings. The lowest BCUT2D eigenvalue weighted by atomic mass is 10.1. The zero-order valence-electron chi connectivity index (χ0n) is 15.0. The molecular weight excluding hydrogens is 441 g/mol. The molecule has 1 atom stereocenters. The molecule has 0 aliphatic heterocycles. The maximum absolute atomic E-state index is 13.2. The van der Waals surface area contributed by atoms with Crippen LogP contribution in [-0.2, 0) is 19.8 Å². The number of anilines is 1. The third-order valence-electron chi connectivity index (χ3n) is 3.85. The molecule has 0 saturated heterocycles. The van der Waals surface area contributed by atoms with E-state index in [9.17, 15) is 17.7 Å². The van der Waals surface area contributed by atoms with Crippen LogP contribution >= 0.6 is 30.8 Å². The van der Waals surface area contributed by atoms with Crippen molar-refractivity contribution < 1.29 is 31.5 Å². The van der Waals surface area contributed by atoms with Gasteiger partial charge in [-0.2, -0.15) is 13.2 Å². The molecule has 11 heteroatoms. The summed E-state index contributed by atoms with van der Waals surface area (Å²) in [5.74, 6) is -1.12. The van der Waals surface area contributed by atoms with Crippen LogP contribution in [0.4, 0.5) is 18.9 Å². The summed E-state index contributed by atoms with van der Waals surface area (Å²) in [5.41, 5.74) is -0.645. The standard InChI is InChI=1S/C17H17Cl2F3NO4P/c1-25-15-13(8-11(18)9-14(15)19)16(28(24,26-2)27-3)23-12-6-4-5-10(7-12)17(20,21)22/h4-9,16,23H,1-3H3/t16-/m1/s1. The second-order valence-electron chi connectivity index (χ2n) is 5.54. The molecule has 28 heavy (non-hydrogen) atoms. The van der Waals surface area contributed by atoms with Crippen molar-refractivity contribution in [1.82, 2.24) is 0 Å². The first-order valence-corrected chi connectivity index (χ1v) is 10.1. The van der Waals surface area contributed by atoms with Crippen molar-refractivity contribution in [2.75, 3.05) is 26.6 Å². The number of nitrogens with one attached hydrogen (secondary N) is 1. The summed E-state index contributed by atoms with van der Waals surface area (Å²) in [4.78, 5) is 0. The van der Waals surface area contributed by atoms with E-state index in [0.717, 1.165) is 26.4 Å². The molecule has 0 aliphatic rings. The molecule has 2 rings (SSSR count). The predicted octanol–water partition coefficient (Wildman–Crippen LogP) is 6.62. The molecule has 2 aromatic carbocycles. The molecule has 2 aromatic rings. The lowest BCUT2D eigenvalue weighted by Gasteiger charge is -2.28. The first-order valence-electron chi connectivity index (χ1n) is 7.73. The fraction of sp³-hybridized carbons (Fsp3) is 0.294. The smallest absolute Gasteiger partial charge is 0.416 e. The SMILES string of the molecule is COc1c(Cl)cc(Cl)cc1[C@H](Nc1cccc(C(F)(F)F)c1)P(=O)(OC)OC. The van der Waals surface area contributed by atoms with Crippen molar-refractivity contribution in [3.05, 3.63) is 57.6 Å². The van der Waals surface area contributed by atoms with Crippen molar-refractivity contribution in [2.24, 2.45) is 0 Å². The Balaban J connectivity index is 2.62. The molecule has 0 saturated carbocycles. The summed E-state index contributed by atoms with van der Waals surface area (Å²) in [6.45, 7) is 0. The molecule has 154 valence electrons. The molecule has 0 radical (unpaired) electrons. The van der Waals surface area contributed by atoms with Gasteiger partial charge in [0.1, 0.15) is 5.75 Å². The average Bonchev–Trinajstić information content (AvgIpc) is 2.64. The number of rotatable bonds is 7. The van der Waals surface area contributed by atoms with Crippen LogP contribution in [0.1, 0.15) is 16.9 Å². The van der Waals surface area contributed by atoms with Gasteiger partial charge >= 0.3 is 13.8 Å². The van der Waals surface area contributed by atoms with E-state index in [1.807, 2.05) is 0 Å². The number of ether oxygens (including phenoxy) is 1. The number of methoxy groups -OCH3 is 1. The highest BCUT2D eigenvalue weighted by Gasteiger charge is 2.39. The van der Waals surface area contributed by atoms with Crippen LogP contribution < -0.4 is 10.1 Å². The fourth-order valence-corrected chi connectivity index (χ4v) is 4.55. The Hall–Kier alpha value is -1.44. The van der Waals surface area contributed by atoms with E-state index in [1.165, 1.54) is 31.4 Å². The van der Waals surface area contributed by atoms with E-state index in [4.69, 9.17) is 37.0 Å². The summed E-state index contributed by atoms with van der Waals surface area (Å²) in [6.07, 6.45) is -4.55. The van der Waals surface area contributed by atoms with Gasteiger partial charge in [0.05, 0.1) is 17.7 Å². The van der Waals surface area contributed by atoms with Gasteiger partial charge in [-0.05, 0) is 30.3 Å². The van der Waals surface area contributed by atoms with Crippen molar-refractivity contribution in [3.8, 4) is 5.75 Å². The molecule has 0 aromatic heterocycles. The van der Waals surface area contributed by atoms with Gasteiger partial charge in [-0.15, -0.1) is 0 Å². The third-order valence-corrected chi connectivity index (χ3v) is 6.41. The average molecular weight is 458 g/mol. The molecule has 0 heterocycles. The monoisotopic (exact) mass is 457 g/mol. The largest absolute Gasteiger partial charge is 0.495 e. The Morgan fingerprint density at radius 2 is 1.71 bits per heavy atom.